The van der Waals surface area contributed by atoms with Crippen molar-refractivity contribution in [2.75, 3.05) is 9.80 Å². The topological polar surface area (TPSA) is 165 Å². The highest BCUT2D eigenvalue weighted by Gasteiger charge is 2.28. The Morgan fingerprint density at radius 1 is 0.578 bits per heavy atom. The Morgan fingerprint density at radius 2 is 1.04 bits per heavy atom. The van der Waals surface area contributed by atoms with E-state index in [0.717, 1.165) is 27.2 Å². The Balaban J connectivity index is 0.00000552. The SMILES string of the molecule is Cl.N/N=C/N(Cc1ccc(CC(N)=O)cc1)c1cccc(N(C(=O)Cc2ccccc2)C(=O)Cc2ccccc2)c1CC(N)=O. The molecule has 0 aliphatic heterocycles. The van der Waals surface area contributed by atoms with Crippen molar-refractivity contribution in [2.24, 2.45) is 22.4 Å². The molecule has 10 nitrogen and oxygen atoms in total. The van der Waals surface area contributed by atoms with E-state index in [4.69, 9.17) is 17.3 Å². The molecule has 0 heterocycles. The number of halogens is 1. The van der Waals surface area contributed by atoms with Crippen LogP contribution in [0.4, 0.5) is 11.4 Å². The molecule has 0 atom stereocenters. The number of carbonyl (C=O) groups excluding carboxylic acids is 4. The fraction of sp³-hybridized carbons (Fsp3) is 0.147. The van der Waals surface area contributed by atoms with E-state index in [0.29, 0.717) is 11.3 Å². The van der Waals surface area contributed by atoms with Gasteiger partial charge in [0.15, 0.2) is 0 Å². The van der Waals surface area contributed by atoms with E-state index in [1.54, 1.807) is 35.2 Å². The van der Waals surface area contributed by atoms with Crippen molar-refractivity contribution < 1.29 is 19.2 Å². The number of nitrogens with two attached hydrogens (primary N) is 3. The molecule has 0 bridgehead atoms. The summed E-state index contributed by atoms with van der Waals surface area (Å²) in [7, 11) is 0. The van der Waals surface area contributed by atoms with E-state index in [-0.39, 0.29) is 50.3 Å². The Hall–Kier alpha value is -5.48. The van der Waals surface area contributed by atoms with Gasteiger partial charge in [0.1, 0.15) is 6.34 Å². The predicted octanol–water partition coefficient (Wildman–Crippen LogP) is 3.42. The van der Waals surface area contributed by atoms with Gasteiger partial charge in [0.25, 0.3) is 0 Å². The number of carbonyl (C=O) groups is 4. The Morgan fingerprint density at radius 3 is 1.53 bits per heavy atom. The smallest absolute Gasteiger partial charge is 0.238 e. The van der Waals surface area contributed by atoms with Crippen molar-refractivity contribution in [2.45, 2.75) is 32.2 Å². The van der Waals surface area contributed by atoms with Crippen LogP contribution >= 0.6 is 12.4 Å². The van der Waals surface area contributed by atoms with Gasteiger partial charge in [-0.1, -0.05) is 91.0 Å². The molecule has 4 amide bonds. The maximum absolute atomic E-state index is 13.9. The monoisotopic (exact) mass is 626 g/mol. The number of hydrazone groups is 1. The third kappa shape index (κ3) is 9.50. The van der Waals surface area contributed by atoms with Gasteiger partial charge < -0.3 is 22.2 Å². The fourth-order valence-electron chi connectivity index (χ4n) is 4.93. The summed E-state index contributed by atoms with van der Waals surface area (Å²) in [4.78, 5) is 54.3. The summed E-state index contributed by atoms with van der Waals surface area (Å²) >= 11 is 0. The van der Waals surface area contributed by atoms with E-state index in [1.807, 2.05) is 72.8 Å². The second-order valence-corrected chi connectivity index (χ2v) is 10.2. The summed E-state index contributed by atoms with van der Waals surface area (Å²) in [5, 5.41) is 3.72. The first-order chi connectivity index (χ1) is 21.2. The first-order valence-corrected chi connectivity index (χ1v) is 13.9. The second-order valence-electron chi connectivity index (χ2n) is 10.2. The molecule has 0 fully saturated rings. The molecule has 232 valence electrons. The zero-order valence-corrected chi connectivity index (χ0v) is 25.4. The van der Waals surface area contributed by atoms with Crippen LogP contribution in [0.15, 0.2) is 108 Å². The molecule has 0 aromatic heterocycles. The molecule has 4 aromatic rings. The summed E-state index contributed by atoms with van der Waals surface area (Å²) in [6.07, 6.45) is 1.18. The highest BCUT2D eigenvalue weighted by atomic mass is 35.5. The molecule has 0 aliphatic rings. The molecule has 4 rings (SSSR count). The highest BCUT2D eigenvalue weighted by molar-refractivity contribution is 6.17. The van der Waals surface area contributed by atoms with Gasteiger partial charge in [0.2, 0.25) is 23.6 Å². The lowest BCUT2D eigenvalue weighted by atomic mass is 10.0. The van der Waals surface area contributed by atoms with Crippen molar-refractivity contribution in [3.05, 3.63) is 131 Å². The quantitative estimate of drug-likeness (QED) is 0.0890. The molecular weight excluding hydrogens is 592 g/mol. The molecule has 0 spiro atoms. The third-order valence-corrected chi connectivity index (χ3v) is 6.88. The lowest BCUT2D eigenvalue weighted by Gasteiger charge is -2.28. The molecule has 6 N–H and O–H groups in total. The van der Waals surface area contributed by atoms with Crippen molar-refractivity contribution in [1.82, 2.24) is 0 Å². The molecule has 0 saturated carbocycles. The molecule has 11 heteroatoms. The largest absolute Gasteiger partial charge is 0.369 e. The zero-order valence-electron chi connectivity index (χ0n) is 24.5. The van der Waals surface area contributed by atoms with Gasteiger partial charge in [-0.25, -0.2) is 4.90 Å². The van der Waals surface area contributed by atoms with Crippen LogP contribution in [0.2, 0.25) is 0 Å². The third-order valence-electron chi connectivity index (χ3n) is 6.88. The Labute approximate surface area is 267 Å². The number of hydrogen-bond acceptors (Lipinski definition) is 6. The minimum Gasteiger partial charge on any atom is -0.369 e. The minimum absolute atomic E-state index is 0. The average molecular weight is 627 g/mol. The van der Waals surface area contributed by atoms with E-state index < -0.39 is 23.6 Å². The first kappa shape index (κ1) is 34.0. The van der Waals surface area contributed by atoms with E-state index in [2.05, 4.69) is 5.10 Å². The normalized spacial score (nSPS) is 10.6. The van der Waals surface area contributed by atoms with Crippen LogP contribution in [0, 0.1) is 0 Å². The predicted molar refractivity (Wildman–Crippen MR) is 178 cm³/mol. The maximum Gasteiger partial charge on any atom is 0.238 e. The number of primary amides is 2. The fourth-order valence-corrected chi connectivity index (χ4v) is 4.93. The summed E-state index contributed by atoms with van der Waals surface area (Å²) in [5.74, 6) is 3.59. The summed E-state index contributed by atoms with van der Waals surface area (Å²) in [5.41, 5.74) is 15.2. The molecule has 0 unspecified atom stereocenters. The molecule has 0 saturated heterocycles. The number of benzene rings is 4. The number of amides is 4. The van der Waals surface area contributed by atoms with Crippen LogP contribution in [0.5, 0.6) is 0 Å². The van der Waals surface area contributed by atoms with Crippen molar-refractivity contribution >= 4 is 53.7 Å². The van der Waals surface area contributed by atoms with Crippen molar-refractivity contribution in [3.63, 3.8) is 0 Å². The number of anilines is 2. The lowest BCUT2D eigenvalue weighted by molar-refractivity contribution is -0.126. The molecule has 0 aliphatic carbocycles. The number of hydrogen-bond donors (Lipinski definition) is 3. The number of imide groups is 1. The molecular formula is C34H35ClN6O4. The standard InChI is InChI=1S/C34H34N6O4.ClH/c35-31(41)18-26-14-16-27(17-15-26)22-39(23-38-37)29-12-7-13-30(28(29)21-32(36)42)40(33(43)19-24-8-3-1-4-9-24)34(44)20-25-10-5-2-6-11-25;/h1-17,23H,18-22,37H2,(H2,35,41)(H2,36,42);1H/b38-23+;. The number of nitrogens with zero attached hydrogens (tertiary/aromatic N) is 3. The highest BCUT2D eigenvalue weighted by Crippen LogP contribution is 2.33. The average Bonchev–Trinajstić information content (AvgIpc) is 2.99. The lowest BCUT2D eigenvalue weighted by Crippen LogP contribution is -2.40. The van der Waals surface area contributed by atoms with E-state index >= 15 is 0 Å². The molecule has 0 radical (unpaired) electrons. The second kappa shape index (κ2) is 16.4. The van der Waals surface area contributed by atoms with Crippen LogP contribution in [-0.2, 0) is 51.4 Å². The molecule has 4 aromatic carbocycles. The van der Waals surface area contributed by atoms with Gasteiger partial charge in [0, 0.05) is 17.8 Å². The number of rotatable bonds is 13. The van der Waals surface area contributed by atoms with Gasteiger partial charge in [0.05, 0.1) is 31.4 Å². The minimum atomic E-state index is -0.648. The maximum atomic E-state index is 13.9. The van der Waals surface area contributed by atoms with Crippen LogP contribution in [0.3, 0.4) is 0 Å². The van der Waals surface area contributed by atoms with Crippen LogP contribution in [-0.4, -0.2) is 30.0 Å². The van der Waals surface area contributed by atoms with Crippen LogP contribution in [0.1, 0.15) is 27.8 Å². The van der Waals surface area contributed by atoms with Gasteiger partial charge in [-0.15, -0.1) is 12.4 Å². The van der Waals surface area contributed by atoms with Gasteiger partial charge in [-0.2, -0.15) is 5.10 Å². The van der Waals surface area contributed by atoms with Gasteiger partial charge in [-0.3, -0.25) is 19.2 Å². The van der Waals surface area contributed by atoms with Crippen molar-refractivity contribution in [3.8, 4) is 0 Å². The van der Waals surface area contributed by atoms with E-state index in [1.165, 1.54) is 6.34 Å². The summed E-state index contributed by atoms with van der Waals surface area (Å²) in [6.45, 7) is 0.267. The van der Waals surface area contributed by atoms with E-state index in [9.17, 15) is 19.2 Å². The van der Waals surface area contributed by atoms with Gasteiger partial charge >= 0.3 is 0 Å². The van der Waals surface area contributed by atoms with Crippen LogP contribution < -0.4 is 27.1 Å². The Kier molecular flexibility index (Phi) is 12.4. The van der Waals surface area contributed by atoms with Crippen LogP contribution in [0.25, 0.3) is 0 Å². The first-order valence-electron chi connectivity index (χ1n) is 13.9. The van der Waals surface area contributed by atoms with Gasteiger partial charge in [-0.05, 0) is 34.4 Å². The summed E-state index contributed by atoms with van der Waals surface area (Å²) in [6, 6.07) is 30.6. The Bertz CT molecular complexity index is 1590. The summed E-state index contributed by atoms with van der Waals surface area (Å²) < 4.78 is 0. The molecule has 45 heavy (non-hydrogen) atoms. The van der Waals surface area contributed by atoms with Crippen molar-refractivity contribution in [1.29, 1.82) is 0 Å². The zero-order chi connectivity index (χ0) is 31.5.